The van der Waals surface area contributed by atoms with Gasteiger partial charge in [0.15, 0.2) is 11.5 Å². The molecule has 0 aliphatic rings. The fourth-order valence-electron chi connectivity index (χ4n) is 3.56. The van der Waals surface area contributed by atoms with Crippen LogP contribution in [0.1, 0.15) is 11.1 Å². The smallest absolute Gasteiger partial charge is 0.265 e. The second kappa shape index (κ2) is 11.5. The predicted octanol–water partition coefficient (Wildman–Crippen LogP) is 4.53. The first-order chi connectivity index (χ1) is 17.1. The molecule has 0 aliphatic carbocycles. The Morgan fingerprint density at radius 3 is 2.08 bits per heavy atom. The second-order valence-electron chi connectivity index (χ2n) is 8.08. The van der Waals surface area contributed by atoms with Crippen LogP contribution in [-0.4, -0.2) is 54.1 Å². The molecule has 0 fully saturated rings. The van der Waals surface area contributed by atoms with E-state index in [1.807, 2.05) is 31.2 Å². The lowest BCUT2D eigenvalue weighted by Crippen LogP contribution is -2.41. The summed E-state index contributed by atoms with van der Waals surface area (Å²) in [4.78, 5) is 14.7. The monoisotopic (exact) mass is 532 g/mol. The maximum atomic E-state index is 13.9. The second-order valence-corrected chi connectivity index (χ2v) is 10.4. The first-order valence-electron chi connectivity index (χ1n) is 11.0. The first kappa shape index (κ1) is 27.2. The molecule has 0 atom stereocenters. The zero-order chi connectivity index (χ0) is 26.5. The Morgan fingerprint density at radius 1 is 0.861 bits per heavy atom. The minimum atomic E-state index is -4.26. The van der Waals surface area contributed by atoms with E-state index in [2.05, 4.69) is 0 Å². The van der Waals surface area contributed by atoms with Crippen LogP contribution in [0.5, 0.6) is 17.2 Å². The summed E-state index contributed by atoms with van der Waals surface area (Å²) in [5, 5.41) is 0.291. The Kier molecular flexibility index (Phi) is 8.70. The van der Waals surface area contributed by atoms with Crippen molar-refractivity contribution < 1.29 is 27.4 Å². The topological polar surface area (TPSA) is 85.4 Å². The number of hydrogen-bond acceptors (Lipinski definition) is 6. The molecule has 0 N–H and O–H groups in total. The fraction of sp³-hybridized carbons (Fsp3) is 0.269. The van der Waals surface area contributed by atoms with E-state index in [-0.39, 0.29) is 22.1 Å². The third kappa shape index (κ3) is 6.03. The van der Waals surface area contributed by atoms with Gasteiger partial charge in [-0.25, -0.2) is 8.42 Å². The lowest BCUT2D eigenvalue weighted by Gasteiger charge is -2.28. The number of hydrogen-bond donors (Lipinski definition) is 0. The number of anilines is 1. The largest absolute Gasteiger partial charge is 0.495 e. The van der Waals surface area contributed by atoms with Crippen LogP contribution in [0, 0.1) is 6.92 Å². The molecule has 0 spiro atoms. The van der Waals surface area contributed by atoms with Crippen molar-refractivity contribution in [2.75, 3.05) is 39.2 Å². The van der Waals surface area contributed by atoms with Crippen molar-refractivity contribution in [2.45, 2.75) is 18.4 Å². The number of halogens is 1. The molecule has 3 aromatic rings. The molecule has 3 rings (SSSR count). The van der Waals surface area contributed by atoms with Gasteiger partial charge in [-0.2, -0.15) is 0 Å². The number of carbonyl (C=O) groups excluding carboxylic acids is 1. The van der Waals surface area contributed by atoms with Crippen LogP contribution in [0.25, 0.3) is 0 Å². The maximum Gasteiger partial charge on any atom is 0.265 e. The minimum absolute atomic E-state index is 0.0869. The standard InChI is InChI=1S/C26H29ClN2O6S/c1-18-6-8-19(9-7-18)16-28(2)26(30)17-29(22-14-20(27)10-12-23(22)33-3)36(31,32)21-11-13-24(34-4)25(15-21)35-5/h6-15H,16-17H2,1-5H3. The third-order valence-electron chi connectivity index (χ3n) is 5.60. The molecule has 1 amide bonds. The number of nitrogens with zero attached hydrogens (tertiary/aromatic N) is 2. The molecule has 36 heavy (non-hydrogen) atoms. The summed E-state index contributed by atoms with van der Waals surface area (Å²) in [7, 11) is 1.65. The zero-order valence-electron chi connectivity index (χ0n) is 20.8. The molecule has 0 aromatic heterocycles. The Morgan fingerprint density at radius 2 is 1.47 bits per heavy atom. The van der Waals surface area contributed by atoms with Gasteiger partial charge in [0, 0.05) is 24.7 Å². The van der Waals surface area contributed by atoms with Gasteiger partial charge in [0.05, 0.1) is 31.9 Å². The number of amides is 1. The number of methoxy groups -OCH3 is 3. The SMILES string of the molecule is COc1ccc(S(=O)(=O)N(CC(=O)N(C)Cc2ccc(C)cc2)c2cc(Cl)ccc2OC)cc1OC. The van der Waals surface area contributed by atoms with Crippen LogP contribution in [0.2, 0.25) is 5.02 Å². The van der Waals surface area contributed by atoms with Crippen molar-refractivity contribution in [3.63, 3.8) is 0 Å². The van der Waals surface area contributed by atoms with Crippen LogP contribution in [0.4, 0.5) is 5.69 Å². The molecule has 3 aromatic carbocycles. The number of rotatable bonds is 10. The molecule has 0 saturated carbocycles. The van der Waals surface area contributed by atoms with Gasteiger partial charge in [0.2, 0.25) is 5.91 Å². The van der Waals surface area contributed by atoms with E-state index in [0.717, 1.165) is 15.4 Å². The lowest BCUT2D eigenvalue weighted by molar-refractivity contribution is -0.128. The van der Waals surface area contributed by atoms with E-state index >= 15 is 0 Å². The highest BCUT2D eigenvalue weighted by Crippen LogP contribution is 2.37. The number of carbonyl (C=O) groups is 1. The molecule has 10 heteroatoms. The molecule has 0 unspecified atom stereocenters. The fourth-order valence-corrected chi connectivity index (χ4v) is 5.16. The van der Waals surface area contributed by atoms with Crippen molar-refractivity contribution in [3.05, 3.63) is 76.8 Å². The van der Waals surface area contributed by atoms with Gasteiger partial charge in [-0.1, -0.05) is 41.4 Å². The number of benzene rings is 3. The molecule has 0 saturated heterocycles. The van der Waals surface area contributed by atoms with Crippen molar-refractivity contribution >= 4 is 33.2 Å². The molecule has 0 bridgehead atoms. The normalized spacial score (nSPS) is 11.1. The number of aryl methyl sites for hydroxylation is 1. The Balaban J connectivity index is 2.03. The average molecular weight is 533 g/mol. The zero-order valence-corrected chi connectivity index (χ0v) is 22.4. The van der Waals surface area contributed by atoms with Crippen LogP contribution in [0.3, 0.4) is 0 Å². The molecule has 0 radical (unpaired) electrons. The molecular weight excluding hydrogens is 504 g/mol. The molecule has 192 valence electrons. The van der Waals surface area contributed by atoms with E-state index in [1.54, 1.807) is 19.2 Å². The average Bonchev–Trinajstić information content (AvgIpc) is 2.87. The number of likely N-dealkylation sites (N-methyl/N-ethyl adjacent to an activating group) is 1. The van der Waals surface area contributed by atoms with Gasteiger partial charge in [-0.3, -0.25) is 9.10 Å². The van der Waals surface area contributed by atoms with Crippen molar-refractivity contribution in [1.29, 1.82) is 0 Å². The van der Waals surface area contributed by atoms with E-state index in [0.29, 0.717) is 17.3 Å². The Labute approximate surface area is 217 Å². The summed E-state index contributed by atoms with van der Waals surface area (Å²) >= 11 is 6.21. The molecule has 8 nitrogen and oxygen atoms in total. The summed E-state index contributed by atoms with van der Waals surface area (Å²) in [5.41, 5.74) is 2.16. The van der Waals surface area contributed by atoms with Crippen LogP contribution < -0.4 is 18.5 Å². The van der Waals surface area contributed by atoms with E-state index in [4.69, 9.17) is 25.8 Å². The quantitative estimate of drug-likeness (QED) is 0.381. The lowest BCUT2D eigenvalue weighted by atomic mass is 10.1. The van der Waals surface area contributed by atoms with Gasteiger partial charge in [-0.05, 0) is 42.8 Å². The van der Waals surface area contributed by atoms with Crippen LogP contribution in [-0.2, 0) is 21.4 Å². The van der Waals surface area contributed by atoms with Gasteiger partial charge in [-0.15, -0.1) is 0 Å². The predicted molar refractivity (Wildman–Crippen MR) is 140 cm³/mol. The summed E-state index contributed by atoms with van der Waals surface area (Å²) in [6.45, 7) is 1.82. The van der Waals surface area contributed by atoms with Crippen molar-refractivity contribution in [3.8, 4) is 17.2 Å². The van der Waals surface area contributed by atoms with Gasteiger partial charge in [0.1, 0.15) is 12.3 Å². The highest BCUT2D eigenvalue weighted by molar-refractivity contribution is 7.92. The Hall–Kier alpha value is -3.43. The van der Waals surface area contributed by atoms with E-state index < -0.39 is 22.5 Å². The van der Waals surface area contributed by atoms with Gasteiger partial charge in [0.25, 0.3) is 10.0 Å². The third-order valence-corrected chi connectivity index (χ3v) is 7.59. The molecule has 0 heterocycles. The minimum Gasteiger partial charge on any atom is -0.495 e. The van der Waals surface area contributed by atoms with Crippen LogP contribution in [0.15, 0.2) is 65.6 Å². The number of sulfonamides is 1. The summed E-state index contributed by atoms with van der Waals surface area (Å²) in [6.07, 6.45) is 0. The van der Waals surface area contributed by atoms with Gasteiger partial charge >= 0.3 is 0 Å². The molecular formula is C26H29ClN2O6S. The Bertz CT molecular complexity index is 1330. The summed E-state index contributed by atoms with van der Waals surface area (Å²) in [6, 6.07) is 16.6. The van der Waals surface area contributed by atoms with Crippen LogP contribution >= 0.6 is 11.6 Å². The summed E-state index contributed by atoms with van der Waals surface area (Å²) in [5.74, 6) is 0.440. The summed E-state index contributed by atoms with van der Waals surface area (Å²) < 4.78 is 44.7. The van der Waals surface area contributed by atoms with E-state index in [9.17, 15) is 13.2 Å². The van der Waals surface area contributed by atoms with Gasteiger partial charge < -0.3 is 19.1 Å². The maximum absolute atomic E-state index is 13.9. The highest BCUT2D eigenvalue weighted by Gasteiger charge is 2.31. The highest BCUT2D eigenvalue weighted by atomic mass is 35.5. The van der Waals surface area contributed by atoms with Crippen molar-refractivity contribution in [2.24, 2.45) is 0 Å². The molecule has 0 aliphatic heterocycles. The van der Waals surface area contributed by atoms with Crippen molar-refractivity contribution in [1.82, 2.24) is 4.90 Å². The number of ether oxygens (including phenoxy) is 3. The van der Waals surface area contributed by atoms with E-state index in [1.165, 1.54) is 50.5 Å². The first-order valence-corrected chi connectivity index (χ1v) is 12.8.